The Bertz CT molecular complexity index is 581. The van der Waals surface area contributed by atoms with Crippen LogP contribution >= 0.6 is 15.9 Å². The van der Waals surface area contributed by atoms with Crippen molar-refractivity contribution in [1.82, 2.24) is 0 Å². The van der Waals surface area contributed by atoms with Gasteiger partial charge in [0.2, 0.25) is 0 Å². The summed E-state index contributed by atoms with van der Waals surface area (Å²) in [6, 6.07) is 15.0. The summed E-state index contributed by atoms with van der Waals surface area (Å²) in [6.07, 6.45) is 0.946. The Morgan fingerprint density at radius 1 is 1.15 bits per heavy atom. The van der Waals surface area contributed by atoms with E-state index in [1.54, 1.807) is 0 Å². The number of anilines is 1. The van der Waals surface area contributed by atoms with E-state index >= 15 is 0 Å². The molecule has 0 aliphatic heterocycles. The maximum absolute atomic E-state index is 5.63. The van der Waals surface area contributed by atoms with Gasteiger partial charge in [-0.2, -0.15) is 0 Å². The van der Waals surface area contributed by atoms with Crippen molar-refractivity contribution < 1.29 is 0 Å². The highest BCUT2D eigenvalue weighted by molar-refractivity contribution is 9.10. The van der Waals surface area contributed by atoms with Crippen molar-refractivity contribution in [1.29, 1.82) is 0 Å². The lowest BCUT2D eigenvalue weighted by atomic mass is 10.0. The van der Waals surface area contributed by atoms with Crippen molar-refractivity contribution in [2.45, 2.75) is 19.9 Å². The van der Waals surface area contributed by atoms with Crippen LogP contribution in [0.25, 0.3) is 0 Å². The molecule has 0 amide bonds. The highest BCUT2D eigenvalue weighted by Crippen LogP contribution is 2.21. The van der Waals surface area contributed by atoms with Crippen LogP contribution in [0.3, 0.4) is 0 Å². The molecule has 2 aromatic carbocycles. The van der Waals surface area contributed by atoms with Crippen LogP contribution in [0.1, 0.15) is 16.7 Å². The number of halogens is 1. The fourth-order valence-electron chi connectivity index (χ4n) is 2.35. The van der Waals surface area contributed by atoms with Crippen molar-refractivity contribution in [3.63, 3.8) is 0 Å². The van der Waals surface area contributed by atoms with Gasteiger partial charge < -0.3 is 10.6 Å². The third-order valence-corrected chi connectivity index (χ3v) is 3.98. The van der Waals surface area contributed by atoms with Gasteiger partial charge in [-0.1, -0.05) is 34.1 Å². The van der Waals surface area contributed by atoms with Gasteiger partial charge in [0.1, 0.15) is 0 Å². The molecular formula is C17H21BrN2. The molecule has 0 aromatic heterocycles. The first-order valence-corrected chi connectivity index (χ1v) is 7.64. The highest BCUT2D eigenvalue weighted by atomic mass is 79.9. The Morgan fingerprint density at radius 3 is 2.60 bits per heavy atom. The van der Waals surface area contributed by atoms with Gasteiger partial charge in [0, 0.05) is 23.8 Å². The van der Waals surface area contributed by atoms with E-state index in [0.717, 1.165) is 17.4 Å². The molecule has 0 radical (unpaired) electrons. The van der Waals surface area contributed by atoms with Crippen molar-refractivity contribution >= 4 is 21.6 Å². The number of aryl methyl sites for hydroxylation is 1. The minimum absolute atomic E-state index is 0.702. The van der Waals surface area contributed by atoms with E-state index in [0.29, 0.717) is 6.54 Å². The number of nitrogens with zero attached hydrogens (tertiary/aromatic N) is 1. The molecule has 3 heteroatoms. The molecule has 0 aliphatic carbocycles. The minimum Gasteiger partial charge on any atom is -0.370 e. The zero-order valence-electron chi connectivity index (χ0n) is 12.1. The summed E-state index contributed by atoms with van der Waals surface area (Å²) in [5.74, 6) is 0. The molecule has 2 N–H and O–H groups in total. The summed E-state index contributed by atoms with van der Waals surface area (Å²) in [5, 5.41) is 0. The Hall–Kier alpha value is -1.32. The van der Waals surface area contributed by atoms with Crippen LogP contribution in [0.5, 0.6) is 0 Å². The van der Waals surface area contributed by atoms with Crippen LogP contribution in [0, 0.1) is 6.92 Å². The van der Waals surface area contributed by atoms with Gasteiger partial charge in [-0.15, -0.1) is 0 Å². The van der Waals surface area contributed by atoms with Crippen molar-refractivity contribution in [2.75, 3.05) is 18.5 Å². The smallest absolute Gasteiger partial charge is 0.0426 e. The summed E-state index contributed by atoms with van der Waals surface area (Å²) in [5.41, 5.74) is 10.8. The molecule has 0 unspecified atom stereocenters. The molecule has 0 bridgehead atoms. The fraction of sp³-hybridized carbons (Fsp3) is 0.294. The van der Waals surface area contributed by atoms with E-state index in [4.69, 9.17) is 5.73 Å². The van der Waals surface area contributed by atoms with Crippen LogP contribution in [-0.2, 0) is 13.0 Å². The molecule has 0 atom stereocenters. The minimum atomic E-state index is 0.702. The van der Waals surface area contributed by atoms with Gasteiger partial charge in [-0.05, 0) is 60.8 Å². The molecule has 106 valence electrons. The zero-order chi connectivity index (χ0) is 14.5. The Kier molecular flexibility index (Phi) is 5.21. The SMILES string of the molecule is Cc1cc(N(C)Cc2cccc(Br)c2)ccc1CCN. The Balaban J connectivity index is 2.13. The number of rotatable bonds is 5. The molecule has 0 spiro atoms. The molecule has 2 rings (SSSR count). The zero-order valence-corrected chi connectivity index (χ0v) is 13.7. The van der Waals surface area contributed by atoms with Crippen LogP contribution < -0.4 is 10.6 Å². The van der Waals surface area contributed by atoms with E-state index in [1.165, 1.54) is 22.4 Å². The van der Waals surface area contributed by atoms with Gasteiger partial charge in [0.25, 0.3) is 0 Å². The molecule has 0 saturated heterocycles. The van der Waals surface area contributed by atoms with E-state index in [-0.39, 0.29) is 0 Å². The highest BCUT2D eigenvalue weighted by Gasteiger charge is 2.05. The van der Waals surface area contributed by atoms with Crippen LogP contribution in [-0.4, -0.2) is 13.6 Å². The first-order valence-electron chi connectivity index (χ1n) is 6.85. The summed E-state index contributed by atoms with van der Waals surface area (Å²) in [6.45, 7) is 3.75. The summed E-state index contributed by atoms with van der Waals surface area (Å²) in [4.78, 5) is 2.26. The molecule has 0 heterocycles. The van der Waals surface area contributed by atoms with Gasteiger partial charge in [-0.3, -0.25) is 0 Å². The standard InChI is InChI=1S/C17H21BrN2/c1-13-10-17(7-6-15(13)8-9-19)20(2)12-14-4-3-5-16(18)11-14/h3-7,10-11H,8-9,12,19H2,1-2H3. The van der Waals surface area contributed by atoms with E-state index in [9.17, 15) is 0 Å². The lowest BCUT2D eigenvalue weighted by Gasteiger charge is -2.21. The molecule has 0 saturated carbocycles. The lowest BCUT2D eigenvalue weighted by molar-refractivity contribution is 0.914. The van der Waals surface area contributed by atoms with Gasteiger partial charge >= 0.3 is 0 Å². The first kappa shape index (κ1) is 15.1. The average Bonchev–Trinajstić information content (AvgIpc) is 2.41. The number of nitrogens with two attached hydrogens (primary N) is 1. The normalized spacial score (nSPS) is 10.6. The van der Waals surface area contributed by atoms with Crippen LogP contribution in [0.15, 0.2) is 46.9 Å². The Morgan fingerprint density at radius 2 is 1.95 bits per heavy atom. The summed E-state index contributed by atoms with van der Waals surface area (Å²) in [7, 11) is 2.12. The fourth-order valence-corrected chi connectivity index (χ4v) is 2.80. The second kappa shape index (κ2) is 6.91. The molecule has 2 aromatic rings. The predicted molar refractivity (Wildman–Crippen MR) is 90.2 cm³/mol. The quantitative estimate of drug-likeness (QED) is 0.899. The van der Waals surface area contributed by atoms with Gasteiger partial charge in [-0.25, -0.2) is 0 Å². The van der Waals surface area contributed by atoms with Crippen LogP contribution in [0.4, 0.5) is 5.69 Å². The molecule has 0 aliphatic rings. The van der Waals surface area contributed by atoms with E-state index < -0.39 is 0 Å². The number of hydrogen-bond acceptors (Lipinski definition) is 2. The largest absolute Gasteiger partial charge is 0.370 e. The van der Waals surface area contributed by atoms with E-state index in [2.05, 4.69) is 77.3 Å². The summed E-state index contributed by atoms with van der Waals surface area (Å²) >= 11 is 3.52. The van der Waals surface area contributed by atoms with Crippen molar-refractivity contribution in [3.05, 3.63) is 63.6 Å². The number of hydrogen-bond donors (Lipinski definition) is 1. The first-order chi connectivity index (χ1) is 9.60. The second-order valence-corrected chi connectivity index (χ2v) is 6.05. The third-order valence-electron chi connectivity index (χ3n) is 3.49. The topological polar surface area (TPSA) is 29.3 Å². The maximum Gasteiger partial charge on any atom is 0.0426 e. The van der Waals surface area contributed by atoms with Crippen LogP contribution in [0.2, 0.25) is 0 Å². The van der Waals surface area contributed by atoms with E-state index in [1.807, 2.05) is 0 Å². The molecule has 20 heavy (non-hydrogen) atoms. The van der Waals surface area contributed by atoms with Gasteiger partial charge in [0.15, 0.2) is 0 Å². The molecule has 2 nitrogen and oxygen atoms in total. The van der Waals surface area contributed by atoms with Gasteiger partial charge in [0.05, 0.1) is 0 Å². The summed E-state index contributed by atoms with van der Waals surface area (Å²) < 4.78 is 1.12. The second-order valence-electron chi connectivity index (χ2n) is 5.14. The molecular weight excluding hydrogens is 312 g/mol. The predicted octanol–water partition coefficient (Wildman–Crippen LogP) is 3.90. The van der Waals surface area contributed by atoms with Crippen molar-refractivity contribution in [3.8, 4) is 0 Å². The monoisotopic (exact) mass is 332 g/mol. The molecule has 0 fully saturated rings. The van der Waals surface area contributed by atoms with Crippen molar-refractivity contribution in [2.24, 2.45) is 5.73 Å². The average molecular weight is 333 g/mol. The third kappa shape index (κ3) is 3.84. The Labute approximate surface area is 129 Å². The number of benzene rings is 2. The lowest BCUT2D eigenvalue weighted by Crippen LogP contribution is -2.16. The maximum atomic E-state index is 5.63.